The van der Waals surface area contributed by atoms with E-state index in [-0.39, 0.29) is 36.5 Å². The summed E-state index contributed by atoms with van der Waals surface area (Å²) in [5.74, 6) is -0.877. The van der Waals surface area contributed by atoms with E-state index in [1.165, 1.54) is 9.13 Å². The molecule has 2 amide bonds. The van der Waals surface area contributed by atoms with E-state index in [9.17, 15) is 19.2 Å². The van der Waals surface area contributed by atoms with Crippen molar-refractivity contribution >= 4 is 40.0 Å². The number of nitrogens with one attached hydrogen (secondary N) is 2. The van der Waals surface area contributed by atoms with Crippen LogP contribution in [-0.2, 0) is 29.1 Å². The minimum atomic E-state index is -0.416. The number of carbonyl (C=O) groups excluding carboxylic acids is 2. The van der Waals surface area contributed by atoms with Crippen molar-refractivity contribution in [3.05, 3.63) is 73.4 Å². The number of benzene rings is 2. The predicted molar refractivity (Wildman–Crippen MR) is 142 cm³/mol. The third-order valence-electron chi connectivity index (χ3n) is 6.84. The molecule has 2 aromatic carbocycles. The van der Waals surface area contributed by atoms with Gasteiger partial charge in [0.25, 0.3) is 5.56 Å². The lowest BCUT2D eigenvalue weighted by Gasteiger charge is -2.21. The summed E-state index contributed by atoms with van der Waals surface area (Å²) in [4.78, 5) is 51.3. The second-order valence-electron chi connectivity index (χ2n) is 9.11. The van der Waals surface area contributed by atoms with Crippen LogP contribution in [0, 0.1) is 17.2 Å². The molecule has 0 unspecified atom stereocenters. The maximum Gasteiger partial charge on any atom is 0.331 e. The number of amides is 2. The number of nitriles is 1. The van der Waals surface area contributed by atoms with E-state index in [1.807, 2.05) is 13.0 Å². The first-order valence-corrected chi connectivity index (χ1v) is 12.7. The topological polar surface area (TPSA) is 126 Å². The van der Waals surface area contributed by atoms with Crippen LogP contribution in [0.15, 0.2) is 46.0 Å². The summed E-state index contributed by atoms with van der Waals surface area (Å²) in [5.41, 5.74) is 1.26. The molecule has 1 aromatic heterocycles. The zero-order valence-electron chi connectivity index (χ0n) is 20.7. The van der Waals surface area contributed by atoms with E-state index >= 15 is 0 Å². The van der Waals surface area contributed by atoms with Crippen molar-refractivity contribution in [1.82, 2.24) is 14.5 Å². The molecule has 0 saturated heterocycles. The number of nitrogens with zero attached hydrogens (tertiary/aromatic N) is 3. The van der Waals surface area contributed by atoms with Crippen LogP contribution in [0.4, 0.5) is 5.69 Å². The van der Waals surface area contributed by atoms with Crippen molar-refractivity contribution in [2.75, 3.05) is 5.32 Å². The first-order valence-electron chi connectivity index (χ1n) is 12.3. The van der Waals surface area contributed by atoms with Gasteiger partial charge in [-0.1, -0.05) is 24.1 Å². The number of anilines is 1. The fraction of sp³-hybridized carbons (Fsp3) is 0.370. The highest BCUT2D eigenvalue weighted by Crippen LogP contribution is 2.28. The Balaban J connectivity index is 1.48. The van der Waals surface area contributed by atoms with Crippen LogP contribution >= 0.6 is 11.6 Å². The molecule has 4 rings (SSSR count). The maximum absolute atomic E-state index is 13.2. The van der Waals surface area contributed by atoms with Gasteiger partial charge in [-0.2, -0.15) is 5.26 Å². The summed E-state index contributed by atoms with van der Waals surface area (Å²) >= 11 is 6.07. The van der Waals surface area contributed by atoms with E-state index in [4.69, 9.17) is 16.9 Å². The molecule has 10 heteroatoms. The van der Waals surface area contributed by atoms with Crippen molar-refractivity contribution in [1.29, 1.82) is 5.26 Å². The van der Waals surface area contributed by atoms with Crippen molar-refractivity contribution in [2.24, 2.45) is 5.92 Å². The van der Waals surface area contributed by atoms with Crippen molar-refractivity contribution in [3.8, 4) is 6.07 Å². The van der Waals surface area contributed by atoms with Crippen molar-refractivity contribution in [3.63, 3.8) is 0 Å². The molecule has 1 aliphatic carbocycles. The molecule has 1 fully saturated rings. The minimum absolute atomic E-state index is 0.0871. The number of rotatable bonds is 7. The standard InChI is InChI=1S/C27H28ClN5O4/c1-3-32-23-11-10-18(14-20(23)26(36)33(4-2)27(32)37)30-25(35)19-6-5-7-22(19)31-24(34)13-16-8-9-17(15-29)21(28)12-16/h8-12,14,19,22H,3-7,13H2,1-2H3,(H,30,35)(H,31,34)/t19-,22+/m1/s1. The van der Waals surface area contributed by atoms with Crippen LogP contribution < -0.4 is 21.9 Å². The Morgan fingerprint density at radius 1 is 1.08 bits per heavy atom. The molecular weight excluding hydrogens is 494 g/mol. The SMILES string of the molecule is CCn1c(=O)c2cc(NC(=O)[C@@H]3CCC[C@@H]3NC(=O)Cc3ccc(C#N)c(Cl)c3)ccc2n(CC)c1=O. The number of aryl methyl sites for hydroxylation is 1. The quantitative estimate of drug-likeness (QED) is 0.494. The van der Waals surface area contributed by atoms with Crippen molar-refractivity contribution in [2.45, 2.75) is 58.7 Å². The Labute approximate surface area is 218 Å². The number of halogens is 1. The third kappa shape index (κ3) is 5.30. The molecule has 192 valence electrons. The molecule has 0 radical (unpaired) electrons. The molecule has 0 aliphatic heterocycles. The first kappa shape index (κ1) is 26.2. The molecule has 0 bridgehead atoms. The van der Waals surface area contributed by atoms with Gasteiger partial charge in [0.2, 0.25) is 11.8 Å². The van der Waals surface area contributed by atoms with Crippen LogP contribution in [0.5, 0.6) is 0 Å². The van der Waals surface area contributed by atoms with Crippen LogP contribution in [0.25, 0.3) is 10.9 Å². The molecule has 2 N–H and O–H groups in total. The number of aromatic nitrogens is 2. The smallest absolute Gasteiger partial charge is 0.331 e. The van der Waals surface area contributed by atoms with E-state index in [0.717, 1.165) is 6.42 Å². The second kappa shape index (κ2) is 11.0. The fourth-order valence-electron chi connectivity index (χ4n) is 4.97. The van der Waals surface area contributed by atoms with E-state index in [2.05, 4.69) is 10.6 Å². The first-order chi connectivity index (χ1) is 17.8. The Morgan fingerprint density at radius 2 is 1.84 bits per heavy atom. The average molecular weight is 522 g/mol. The average Bonchev–Trinajstić information content (AvgIpc) is 3.33. The van der Waals surface area contributed by atoms with Crippen molar-refractivity contribution < 1.29 is 9.59 Å². The van der Waals surface area contributed by atoms with Gasteiger partial charge in [0.15, 0.2) is 0 Å². The summed E-state index contributed by atoms with van der Waals surface area (Å²) in [7, 11) is 0. The summed E-state index contributed by atoms with van der Waals surface area (Å²) in [6.07, 6.45) is 2.20. The van der Waals surface area contributed by atoms with E-state index < -0.39 is 11.5 Å². The van der Waals surface area contributed by atoms with Gasteiger partial charge in [-0.15, -0.1) is 0 Å². The lowest BCUT2D eigenvalue weighted by Crippen LogP contribution is -2.42. The molecule has 1 heterocycles. The van der Waals surface area contributed by atoms with Gasteiger partial charge in [0.05, 0.1) is 33.8 Å². The Morgan fingerprint density at radius 3 is 2.51 bits per heavy atom. The second-order valence-corrected chi connectivity index (χ2v) is 9.52. The third-order valence-corrected chi connectivity index (χ3v) is 7.16. The van der Waals surface area contributed by atoms with Crippen LogP contribution in [-0.4, -0.2) is 27.0 Å². The number of carbonyl (C=O) groups is 2. The van der Waals surface area contributed by atoms with Gasteiger partial charge in [0, 0.05) is 24.8 Å². The highest BCUT2D eigenvalue weighted by atomic mass is 35.5. The fourth-order valence-corrected chi connectivity index (χ4v) is 5.22. The Bertz CT molecular complexity index is 1530. The van der Waals surface area contributed by atoms with E-state index in [0.29, 0.717) is 52.1 Å². The summed E-state index contributed by atoms with van der Waals surface area (Å²) in [6.45, 7) is 4.25. The minimum Gasteiger partial charge on any atom is -0.352 e. The Kier molecular flexibility index (Phi) is 7.79. The van der Waals surface area contributed by atoms with Gasteiger partial charge in [0.1, 0.15) is 6.07 Å². The highest BCUT2D eigenvalue weighted by molar-refractivity contribution is 6.31. The van der Waals surface area contributed by atoms with Crippen LogP contribution in [0.2, 0.25) is 5.02 Å². The molecule has 0 spiro atoms. The Hall–Kier alpha value is -3.90. The highest BCUT2D eigenvalue weighted by Gasteiger charge is 2.34. The summed E-state index contributed by atoms with van der Waals surface area (Å²) in [5, 5.41) is 15.5. The molecular formula is C27H28ClN5O4. The summed E-state index contributed by atoms with van der Waals surface area (Å²) in [6, 6.07) is 11.5. The largest absolute Gasteiger partial charge is 0.352 e. The molecule has 3 aromatic rings. The molecule has 1 saturated carbocycles. The van der Waals surface area contributed by atoms with Gasteiger partial charge >= 0.3 is 5.69 Å². The normalized spacial score (nSPS) is 16.9. The number of fused-ring (bicyclic) bond motifs is 1. The lowest BCUT2D eigenvalue weighted by molar-refractivity contribution is -0.123. The number of hydrogen-bond acceptors (Lipinski definition) is 5. The number of hydrogen-bond donors (Lipinski definition) is 2. The maximum atomic E-state index is 13.2. The summed E-state index contributed by atoms with van der Waals surface area (Å²) < 4.78 is 2.72. The zero-order chi connectivity index (χ0) is 26.7. The van der Waals surface area contributed by atoms with Gasteiger partial charge in [-0.05, 0) is 62.6 Å². The van der Waals surface area contributed by atoms with Gasteiger partial charge < -0.3 is 10.6 Å². The van der Waals surface area contributed by atoms with Gasteiger partial charge in [-0.3, -0.25) is 23.5 Å². The van der Waals surface area contributed by atoms with Crippen LogP contribution in [0.1, 0.15) is 44.2 Å². The van der Waals surface area contributed by atoms with E-state index in [1.54, 1.807) is 43.3 Å². The molecule has 1 aliphatic rings. The van der Waals surface area contributed by atoms with Crippen LogP contribution in [0.3, 0.4) is 0 Å². The monoisotopic (exact) mass is 521 g/mol. The molecule has 9 nitrogen and oxygen atoms in total. The predicted octanol–water partition coefficient (Wildman–Crippen LogP) is 3.19. The lowest BCUT2D eigenvalue weighted by atomic mass is 10.0. The zero-order valence-corrected chi connectivity index (χ0v) is 21.5. The van der Waals surface area contributed by atoms with Gasteiger partial charge in [-0.25, -0.2) is 4.79 Å². The molecule has 2 atom stereocenters. The molecule has 37 heavy (non-hydrogen) atoms.